The molecule has 1 nitrogen and oxygen atoms in total. The number of fused-ring (bicyclic) bond motifs is 1. The lowest BCUT2D eigenvalue weighted by Gasteiger charge is -2.32. The van der Waals surface area contributed by atoms with Crippen molar-refractivity contribution in [3.63, 3.8) is 0 Å². The number of nitrogens with zero attached hydrogens (tertiary/aromatic N) is 1. The predicted molar refractivity (Wildman–Crippen MR) is 71.2 cm³/mol. The molecule has 0 saturated carbocycles. The Balaban J connectivity index is 0.000000386. The van der Waals surface area contributed by atoms with Crippen LogP contribution in [0.4, 0.5) is 0 Å². The van der Waals surface area contributed by atoms with Crippen LogP contribution in [0.3, 0.4) is 0 Å². The predicted octanol–water partition coefficient (Wildman–Crippen LogP) is 4.77. The van der Waals surface area contributed by atoms with E-state index >= 15 is 0 Å². The molecule has 2 heteroatoms. The van der Waals surface area contributed by atoms with E-state index < -0.39 is 0 Å². The van der Waals surface area contributed by atoms with Crippen LogP contribution < -0.4 is 0 Å². The van der Waals surface area contributed by atoms with E-state index in [4.69, 9.17) is 11.6 Å². The molecule has 2 rings (SSSR count). The molecule has 0 N–H and O–H groups in total. The molecule has 0 atom stereocenters. The van der Waals surface area contributed by atoms with Crippen LogP contribution in [-0.2, 0) is 11.8 Å². The highest BCUT2D eigenvalue weighted by Gasteiger charge is 2.28. The molecular formula is C14H22ClN. The summed E-state index contributed by atoms with van der Waals surface area (Å²) in [5.74, 6) is 0. The third-order valence-corrected chi connectivity index (χ3v) is 3.29. The van der Waals surface area contributed by atoms with Gasteiger partial charge in [0.2, 0.25) is 0 Å². The molecule has 0 amide bonds. The van der Waals surface area contributed by atoms with Crippen molar-refractivity contribution in [1.82, 2.24) is 4.98 Å². The fourth-order valence-electron chi connectivity index (χ4n) is 2.14. The number of aromatic nitrogens is 1. The van der Waals surface area contributed by atoms with Crippen molar-refractivity contribution in [2.75, 3.05) is 0 Å². The van der Waals surface area contributed by atoms with Crippen molar-refractivity contribution in [2.24, 2.45) is 0 Å². The molecule has 1 aromatic rings. The Morgan fingerprint density at radius 1 is 1.31 bits per heavy atom. The van der Waals surface area contributed by atoms with Crippen LogP contribution in [0.15, 0.2) is 12.4 Å². The Bertz CT molecular complexity index is 345. The molecule has 1 aliphatic rings. The van der Waals surface area contributed by atoms with Gasteiger partial charge in [-0.1, -0.05) is 45.7 Å². The van der Waals surface area contributed by atoms with E-state index in [1.54, 1.807) is 6.20 Å². The maximum atomic E-state index is 6.11. The van der Waals surface area contributed by atoms with Crippen molar-refractivity contribution in [1.29, 1.82) is 0 Å². The van der Waals surface area contributed by atoms with Crippen LogP contribution in [-0.4, -0.2) is 4.98 Å². The lowest BCUT2D eigenvalue weighted by Crippen LogP contribution is -2.24. The quantitative estimate of drug-likeness (QED) is 0.636. The zero-order chi connectivity index (χ0) is 12.2. The lowest BCUT2D eigenvalue weighted by molar-refractivity contribution is 0.430. The zero-order valence-electron chi connectivity index (χ0n) is 10.8. The Kier molecular flexibility index (Phi) is 4.79. The normalized spacial score (nSPS) is 17.1. The minimum atomic E-state index is 0.255. The second-order valence-corrected chi connectivity index (χ2v) is 5.50. The molecule has 1 aromatic heterocycles. The van der Waals surface area contributed by atoms with E-state index in [1.807, 2.05) is 6.20 Å². The Morgan fingerprint density at radius 2 is 1.94 bits per heavy atom. The van der Waals surface area contributed by atoms with Gasteiger partial charge in [-0.05, 0) is 35.8 Å². The fourth-order valence-corrected chi connectivity index (χ4v) is 2.39. The summed E-state index contributed by atoms with van der Waals surface area (Å²) in [6, 6.07) is 0. The van der Waals surface area contributed by atoms with Gasteiger partial charge in [-0.2, -0.15) is 0 Å². The van der Waals surface area contributed by atoms with Gasteiger partial charge < -0.3 is 0 Å². The van der Waals surface area contributed by atoms with E-state index in [0.717, 1.165) is 11.4 Å². The first-order valence-corrected chi connectivity index (χ1v) is 6.53. The fraction of sp³-hybridized carbons (Fsp3) is 0.643. The topological polar surface area (TPSA) is 12.9 Å². The molecule has 1 aliphatic carbocycles. The largest absolute Gasteiger partial charge is 0.263 e. The zero-order valence-corrected chi connectivity index (χ0v) is 11.6. The summed E-state index contributed by atoms with van der Waals surface area (Å²) >= 11 is 6.11. The first kappa shape index (κ1) is 13.5. The van der Waals surface area contributed by atoms with Crippen molar-refractivity contribution in [2.45, 2.75) is 58.8 Å². The minimum Gasteiger partial charge on any atom is -0.263 e. The van der Waals surface area contributed by atoms with Crippen molar-refractivity contribution in [3.8, 4) is 0 Å². The number of rotatable bonds is 0. The molecule has 0 aromatic carbocycles. The van der Waals surface area contributed by atoms with Gasteiger partial charge in [0.15, 0.2) is 0 Å². The lowest BCUT2D eigenvalue weighted by atomic mass is 9.74. The Labute approximate surface area is 104 Å². The van der Waals surface area contributed by atoms with Gasteiger partial charge in [-0.3, -0.25) is 4.98 Å². The highest BCUT2D eigenvalue weighted by molar-refractivity contribution is 6.31. The van der Waals surface area contributed by atoms with Crippen molar-refractivity contribution < 1.29 is 0 Å². The van der Waals surface area contributed by atoms with Crippen LogP contribution in [0.2, 0.25) is 5.02 Å². The number of pyridine rings is 1. The Hall–Kier alpha value is -0.560. The third-order valence-electron chi connectivity index (χ3n) is 2.96. The van der Waals surface area contributed by atoms with Gasteiger partial charge in [0.25, 0.3) is 0 Å². The van der Waals surface area contributed by atoms with Crippen molar-refractivity contribution in [3.05, 3.63) is 28.5 Å². The van der Waals surface area contributed by atoms with Crippen LogP contribution in [0.1, 0.15) is 58.1 Å². The second kappa shape index (κ2) is 5.67. The maximum Gasteiger partial charge on any atom is 0.0624 e. The van der Waals surface area contributed by atoms with E-state index in [9.17, 15) is 0 Å². The number of halogens is 1. The Morgan fingerprint density at radius 3 is 2.50 bits per heavy atom. The molecule has 1 heterocycles. The molecule has 0 fully saturated rings. The monoisotopic (exact) mass is 239 g/mol. The summed E-state index contributed by atoms with van der Waals surface area (Å²) < 4.78 is 0. The van der Waals surface area contributed by atoms with Crippen LogP contribution in [0.25, 0.3) is 0 Å². The first-order valence-electron chi connectivity index (χ1n) is 6.15. The van der Waals surface area contributed by atoms with Crippen LogP contribution in [0.5, 0.6) is 0 Å². The minimum absolute atomic E-state index is 0.255. The molecular weight excluding hydrogens is 218 g/mol. The highest BCUT2D eigenvalue weighted by atomic mass is 35.5. The SMILES string of the molecule is CC1(C)CCCc2c(Cl)cncc21.CCC. The van der Waals surface area contributed by atoms with Gasteiger partial charge in [0, 0.05) is 12.4 Å². The summed E-state index contributed by atoms with van der Waals surface area (Å²) in [6.07, 6.45) is 8.56. The average molecular weight is 240 g/mol. The maximum absolute atomic E-state index is 6.11. The van der Waals surface area contributed by atoms with Crippen LogP contribution in [0, 0.1) is 0 Å². The summed E-state index contributed by atoms with van der Waals surface area (Å²) in [5.41, 5.74) is 2.91. The summed E-state index contributed by atoms with van der Waals surface area (Å²) in [6.45, 7) is 8.78. The van der Waals surface area contributed by atoms with Gasteiger partial charge in [0.1, 0.15) is 0 Å². The van der Waals surface area contributed by atoms with Gasteiger partial charge in [0.05, 0.1) is 5.02 Å². The molecule has 90 valence electrons. The van der Waals surface area contributed by atoms with Gasteiger partial charge in [-0.15, -0.1) is 0 Å². The van der Waals surface area contributed by atoms with E-state index in [1.165, 1.54) is 30.4 Å². The molecule has 0 saturated heterocycles. The molecule has 0 radical (unpaired) electrons. The average Bonchev–Trinajstić information content (AvgIpc) is 2.20. The number of hydrogen-bond donors (Lipinski definition) is 0. The summed E-state index contributed by atoms with van der Waals surface area (Å²) in [4.78, 5) is 4.16. The van der Waals surface area contributed by atoms with E-state index in [-0.39, 0.29) is 5.41 Å². The molecule has 0 spiro atoms. The smallest absolute Gasteiger partial charge is 0.0624 e. The van der Waals surface area contributed by atoms with Gasteiger partial charge >= 0.3 is 0 Å². The van der Waals surface area contributed by atoms with Crippen molar-refractivity contribution >= 4 is 11.6 Å². The summed E-state index contributed by atoms with van der Waals surface area (Å²) in [5, 5.41) is 0.838. The highest BCUT2D eigenvalue weighted by Crippen LogP contribution is 2.38. The summed E-state index contributed by atoms with van der Waals surface area (Å²) in [7, 11) is 0. The van der Waals surface area contributed by atoms with E-state index in [2.05, 4.69) is 32.7 Å². The van der Waals surface area contributed by atoms with E-state index in [0.29, 0.717) is 0 Å². The number of hydrogen-bond acceptors (Lipinski definition) is 1. The first-order chi connectivity index (χ1) is 7.53. The van der Waals surface area contributed by atoms with Crippen LogP contribution >= 0.6 is 11.6 Å². The standard InChI is InChI=1S/C11H14ClN.C3H8/c1-11(2)5-3-4-8-9(11)6-13-7-10(8)12;1-3-2/h6-7H,3-5H2,1-2H3;3H2,1-2H3. The molecule has 0 unspecified atom stereocenters. The second-order valence-electron chi connectivity index (χ2n) is 5.09. The van der Waals surface area contributed by atoms with Gasteiger partial charge in [-0.25, -0.2) is 0 Å². The molecule has 0 bridgehead atoms. The molecule has 0 aliphatic heterocycles. The third kappa shape index (κ3) is 2.98. The molecule has 16 heavy (non-hydrogen) atoms.